The molecular formula is C16H16BrNO2. The fourth-order valence-electron chi connectivity index (χ4n) is 1.93. The van der Waals surface area contributed by atoms with Gasteiger partial charge >= 0.3 is 5.97 Å². The highest BCUT2D eigenvalue weighted by atomic mass is 79.9. The number of nitrogens with one attached hydrogen (secondary N) is 1. The number of carbonyl (C=O) groups excluding carboxylic acids is 1. The zero-order valence-electron chi connectivity index (χ0n) is 11.2. The van der Waals surface area contributed by atoms with Crippen molar-refractivity contribution in [1.29, 1.82) is 0 Å². The standard InChI is InChI=1S/C16H16BrNO2/c1-20-16(19)10-12-6-2-3-7-13(12)11-18-15-9-5-4-8-14(15)17/h2-9,18H,10-11H2,1H3. The minimum Gasteiger partial charge on any atom is -0.469 e. The Kier molecular flexibility index (Phi) is 5.18. The molecule has 3 nitrogen and oxygen atoms in total. The first-order valence-electron chi connectivity index (χ1n) is 6.32. The van der Waals surface area contributed by atoms with E-state index in [-0.39, 0.29) is 5.97 Å². The minimum absolute atomic E-state index is 0.224. The second-order valence-electron chi connectivity index (χ2n) is 4.36. The molecule has 0 atom stereocenters. The normalized spacial score (nSPS) is 10.1. The van der Waals surface area contributed by atoms with Crippen molar-refractivity contribution < 1.29 is 9.53 Å². The van der Waals surface area contributed by atoms with Gasteiger partial charge in [0.25, 0.3) is 0 Å². The molecule has 0 amide bonds. The molecule has 20 heavy (non-hydrogen) atoms. The Bertz CT molecular complexity index is 599. The van der Waals surface area contributed by atoms with Gasteiger partial charge in [-0.3, -0.25) is 4.79 Å². The number of methoxy groups -OCH3 is 1. The summed E-state index contributed by atoms with van der Waals surface area (Å²) in [6.45, 7) is 0.662. The van der Waals surface area contributed by atoms with Gasteiger partial charge in [-0.2, -0.15) is 0 Å². The summed E-state index contributed by atoms with van der Waals surface area (Å²) in [5.41, 5.74) is 3.10. The van der Waals surface area contributed by atoms with E-state index in [1.165, 1.54) is 7.11 Å². The number of carbonyl (C=O) groups is 1. The molecule has 0 fully saturated rings. The van der Waals surface area contributed by atoms with E-state index in [1.54, 1.807) is 0 Å². The summed E-state index contributed by atoms with van der Waals surface area (Å²) in [6.07, 6.45) is 0.296. The molecule has 1 N–H and O–H groups in total. The van der Waals surface area contributed by atoms with E-state index in [1.807, 2.05) is 48.5 Å². The Hall–Kier alpha value is -1.81. The Morgan fingerprint density at radius 3 is 2.45 bits per heavy atom. The van der Waals surface area contributed by atoms with Crippen LogP contribution in [-0.4, -0.2) is 13.1 Å². The summed E-state index contributed by atoms with van der Waals surface area (Å²) < 4.78 is 5.74. The third-order valence-electron chi connectivity index (χ3n) is 3.02. The van der Waals surface area contributed by atoms with E-state index in [0.717, 1.165) is 21.3 Å². The molecule has 2 aromatic rings. The first kappa shape index (κ1) is 14.6. The first-order chi connectivity index (χ1) is 9.70. The SMILES string of the molecule is COC(=O)Cc1ccccc1CNc1ccccc1Br. The Balaban J connectivity index is 2.10. The van der Waals surface area contributed by atoms with Crippen LogP contribution in [0.15, 0.2) is 53.0 Å². The van der Waals surface area contributed by atoms with Crippen LogP contribution in [0.25, 0.3) is 0 Å². The molecular weight excluding hydrogens is 318 g/mol. The van der Waals surface area contributed by atoms with Crippen LogP contribution in [0.5, 0.6) is 0 Å². The molecule has 2 aromatic carbocycles. The fourth-order valence-corrected chi connectivity index (χ4v) is 2.35. The maximum atomic E-state index is 11.4. The quantitative estimate of drug-likeness (QED) is 0.846. The van der Waals surface area contributed by atoms with Crippen molar-refractivity contribution in [3.8, 4) is 0 Å². The molecule has 4 heteroatoms. The average Bonchev–Trinajstić information content (AvgIpc) is 2.47. The molecule has 0 aromatic heterocycles. The van der Waals surface area contributed by atoms with E-state index in [0.29, 0.717) is 13.0 Å². The molecule has 0 spiro atoms. The molecule has 2 rings (SSSR count). The summed E-state index contributed by atoms with van der Waals surface area (Å²) in [7, 11) is 1.41. The third kappa shape index (κ3) is 3.84. The molecule has 0 aliphatic heterocycles. The van der Waals surface area contributed by atoms with Crippen LogP contribution < -0.4 is 5.32 Å². The lowest BCUT2D eigenvalue weighted by Crippen LogP contribution is -2.09. The summed E-state index contributed by atoms with van der Waals surface area (Å²) >= 11 is 3.50. The lowest BCUT2D eigenvalue weighted by Gasteiger charge is -2.12. The van der Waals surface area contributed by atoms with Crippen molar-refractivity contribution in [3.05, 3.63) is 64.1 Å². The summed E-state index contributed by atoms with van der Waals surface area (Å²) in [5, 5.41) is 3.36. The molecule has 0 saturated carbocycles. The Morgan fingerprint density at radius 1 is 1.10 bits per heavy atom. The molecule has 0 unspecified atom stereocenters. The van der Waals surface area contributed by atoms with Gasteiger partial charge in [-0.1, -0.05) is 36.4 Å². The van der Waals surface area contributed by atoms with Gasteiger partial charge in [0, 0.05) is 16.7 Å². The molecule has 0 aliphatic rings. The third-order valence-corrected chi connectivity index (χ3v) is 3.72. The van der Waals surface area contributed by atoms with Gasteiger partial charge in [0.15, 0.2) is 0 Å². The van der Waals surface area contributed by atoms with E-state index in [9.17, 15) is 4.79 Å². The fraction of sp³-hybridized carbons (Fsp3) is 0.188. The van der Waals surface area contributed by atoms with Gasteiger partial charge in [-0.25, -0.2) is 0 Å². The van der Waals surface area contributed by atoms with Crippen LogP contribution >= 0.6 is 15.9 Å². The van der Waals surface area contributed by atoms with Crippen LogP contribution in [0, 0.1) is 0 Å². The number of benzene rings is 2. The highest BCUT2D eigenvalue weighted by Gasteiger charge is 2.08. The lowest BCUT2D eigenvalue weighted by atomic mass is 10.0. The van der Waals surface area contributed by atoms with E-state index < -0.39 is 0 Å². The largest absolute Gasteiger partial charge is 0.469 e. The Labute approximate surface area is 127 Å². The predicted molar refractivity (Wildman–Crippen MR) is 83.6 cm³/mol. The van der Waals surface area contributed by atoms with Gasteiger partial charge in [-0.05, 0) is 39.2 Å². The van der Waals surface area contributed by atoms with Crippen LogP contribution in [0.2, 0.25) is 0 Å². The monoisotopic (exact) mass is 333 g/mol. The maximum Gasteiger partial charge on any atom is 0.309 e. The van der Waals surface area contributed by atoms with E-state index >= 15 is 0 Å². The van der Waals surface area contributed by atoms with Gasteiger partial charge in [-0.15, -0.1) is 0 Å². The molecule has 104 valence electrons. The number of halogens is 1. The zero-order chi connectivity index (χ0) is 14.4. The van der Waals surface area contributed by atoms with E-state index in [2.05, 4.69) is 21.2 Å². The predicted octanol–water partition coefficient (Wildman–Crippen LogP) is 3.78. The number of hydrogen-bond donors (Lipinski definition) is 1. The second-order valence-corrected chi connectivity index (χ2v) is 5.21. The maximum absolute atomic E-state index is 11.4. The van der Waals surface area contributed by atoms with Crippen molar-refractivity contribution in [1.82, 2.24) is 0 Å². The average molecular weight is 334 g/mol. The highest BCUT2D eigenvalue weighted by Crippen LogP contribution is 2.22. The number of esters is 1. The van der Waals surface area contributed by atoms with Gasteiger partial charge in [0.1, 0.15) is 0 Å². The van der Waals surface area contributed by atoms with Crippen molar-refractivity contribution >= 4 is 27.6 Å². The number of hydrogen-bond acceptors (Lipinski definition) is 3. The van der Waals surface area contributed by atoms with Crippen molar-refractivity contribution in [2.45, 2.75) is 13.0 Å². The van der Waals surface area contributed by atoms with Crippen LogP contribution in [-0.2, 0) is 22.5 Å². The summed E-state index contributed by atoms with van der Waals surface area (Å²) in [5.74, 6) is -0.224. The molecule has 0 heterocycles. The minimum atomic E-state index is -0.224. The van der Waals surface area contributed by atoms with Crippen LogP contribution in [0.1, 0.15) is 11.1 Å². The molecule has 0 bridgehead atoms. The van der Waals surface area contributed by atoms with Crippen molar-refractivity contribution in [3.63, 3.8) is 0 Å². The smallest absolute Gasteiger partial charge is 0.309 e. The molecule has 0 radical (unpaired) electrons. The van der Waals surface area contributed by atoms with Crippen LogP contribution in [0.4, 0.5) is 5.69 Å². The Morgan fingerprint density at radius 2 is 1.75 bits per heavy atom. The number of ether oxygens (including phenoxy) is 1. The summed E-state index contributed by atoms with van der Waals surface area (Å²) in [4.78, 5) is 11.4. The molecule has 0 saturated heterocycles. The second kappa shape index (κ2) is 7.10. The van der Waals surface area contributed by atoms with Gasteiger partial charge in [0.05, 0.1) is 13.5 Å². The number of anilines is 1. The van der Waals surface area contributed by atoms with Crippen molar-refractivity contribution in [2.75, 3.05) is 12.4 Å². The van der Waals surface area contributed by atoms with Gasteiger partial charge < -0.3 is 10.1 Å². The molecule has 0 aliphatic carbocycles. The van der Waals surface area contributed by atoms with Crippen LogP contribution in [0.3, 0.4) is 0 Å². The van der Waals surface area contributed by atoms with Crippen molar-refractivity contribution in [2.24, 2.45) is 0 Å². The highest BCUT2D eigenvalue weighted by molar-refractivity contribution is 9.10. The lowest BCUT2D eigenvalue weighted by molar-refractivity contribution is -0.139. The van der Waals surface area contributed by atoms with E-state index in [4.69, 9.17) is 4.74 Å². The zero-order valence-corrected chi connectivity index (χ0v) is 12.8. The summed E-state index contributed by atoms with van der Waals surface area (Å²) in [6, 6.07) is 15.8. The number of para-hydroxylation sites is 1. The van der Waals surface area contributed by atoms with Gasteiger partial charge in [0.2, 0.25) is 0 Å². The number of rotatable bonds is 5. The topological polar surface area (TPSA) is 38.3 Å². The first-order valence-corrected chi connectivity index (χ1v) is 7.12.